The summed E-state index contributed by atoms with van der Waals surface area (Å²) < 4.78 is 4.85. The van der Waals surface area contributed by atoms with Crippen molar-refractivity contribution in [2.75, 3.05) is 0 Å². The van der Waals surface area contributed by atoms with Crippen LogP contribution in [0.15, 0.2) is 182 Å². The van der Waals surface area contributed by atoms with E-state index in [9.17, 15) is 0 Å². The lowest BCUT2D eigenvalue weighted by Gasteiger charge is -2.11. The molecule has 0 N–H and O–H groups in total. The Morgan fingerprint density at radius 3 is 1.53 bits per heavy atom. The van der Waals surface area contributed by atoms with Crippen LogP contribution in [0, 0.1) is 0 Å². The molecule has 11 rings (SSSR count). The molecule has 0 saturated carbocycles. The van der Waals surface area contributed by atoms with E-state index in [-0.39, 0.29) is 0 Å². The molecule has 238 valence electrons. The molecule has 0 amide bonds. The van der Waals surface area contributed by atoms with Crippen LogP contribution in [-0.4, -0.2) is 9.13 Å². The van der Waals surface area contributed by atoms with Crippen molar-refractivity contribution in [1.82, 2.24) is 9.13 Å². The van der Waals surface area contributed by atoms with Crippen LogP contribution in [0.4, 0.5) is 0 Å². The maximum atomic E-state index is 2.44. The minimum atomic E-state index is 0.984. The van der Waals surface area contributed by atoms with E-state index in [1.807, 2.05) is 0 Å². The van der Waals surface area contributed by atoms with E-state index in [1.165, 1.54) is 99.5 Å². The maximum absolute atomic E-state index is 2.44. The molecule has 0 fully saturated rings. The number of nitrogens with zero attached hydrogens (tertiary/aromatic N) is 2. The lowest BCUT2D eigenvalue weighted by atomic mass is 10.0. The highest BCUT2D eigenvalue weighted by Crippen LogP contribution is 2.41. The van der Waals surface area contributed by atoms with Gasteiger partial charge in [0.1, 0.15) is 0 Å². The van der Waals surface area contributed by atoms with Crippen molar-refractivity contribution < 1.29 is 0 Å². The normalized spacial score (nSPS) is 12.2. The number of hydrogen-bond donors (Lipinski definition) is 0. The Morgan fingerprint density at radius 2 is 0.824 bits per heavy atom. The summed E-state index contributed by atoms with van der Waals surface area (Å²) in [6.07, 6.45) is 0.984. The monoisotopic (exact) mass is 648 g/mol. The molecule has 2 nitrogen and oxygen atoms in total. The van der Waals surface area contributed by atoms with Crippen molar-refractivity contribution in [1.29, 1.82) is 0 Å². The Morgan fingerprint density at radius 1 is 0.294 bits per heavy atom. The molecule has 0 aliphatic heterocycles. The maximum Gasteiger partial charge on any atom is 0.0541 e. The van der Waals surface area contributed by atoms with Gasteiger partial charge in [-0.05, 0) is 112 Å². The molecule has 51 heavy (non-hydrogen) atoms. The summed E-state index contributed by atoms with van der Waals surface area (Å²) in [7, 11) is 0. The summed E-state index contributed by atoms with van der Waals surface area (Å²) in [6, 6.07) is 66.9. The summed E-state index contributed by atoms with van der Waals surface area (Å²) in [5.41, 5.74) is 17.7. The Hall–Kier alpha value is -6.64. The third kappa shape index (κ3) is 4.30. The first-order valence-electron chi connectivity index (χ1n) is 17.7. The molecule has 1 aliphatic carbocycles. The lowest BCUT2D eigenvalue weighted by Crippen LogP contribution is -1.95. The quantitative estimate of drug-likeness (QED) is 0.180. The molecule has 1 aliphatic rings. The molecule has 0 saturated heterocycles. The van der Waals surface area contributed by atoms with Gasteiger partial charge < -0.3 is 9.13 Å². The number of rotatable bonds is 4. The van der Waals surface area contributed by atoms with Crippen molar-refractivity contribution in [3.8, 4) is 44.8 Å². The Kier molecular flexibility index (Phi) is 6.05. The number of hydrogen-bond acceptors (Lipinski definition) is 0. The van der Waals surface area contributed by atoms with E-state index in [1.54, 1.807) is 0 Å². The van der Waals surface area contributed by atoms with Crippen molar-refractivity contribution in [3.63, 3.8) is 0 Å². The van der Waals surface area contributed by atoms with Crippen LogP contribution >= 0.6 is 0 Å². The van der Waals surface area contributed by atoms with Crippen LogP contribution in [0.5, 0.6) is 0 Å². The van der Waals surface area contributed by atoms with E-state index in [0.29, 0.717) is 0 Å². The van der Waals surface area contributed by atoms with Crippen LogP contribution in [0.1, 0.15) is 11.1 Å². The van der Waals surface area contributed by atoms with Crippen LogP contribution < -0.4 is 0 Å². The van der Waals surface area contributed by atoms with Crippen molar-refractivity contribution in [2.24, 2.45) is 0 Å². The smallest absolute Gasteiger partial charge is 0.0541 e. The SMILES string of the molecule is c1ccc(-c2cccc(-n3c4ccccc4c4cc(-c5ccc6c(c5)c5ccccc5n6-c5ccc6c(c5)Cc5ccccc5-6)ccc43)c2)cc1. The standard InChI is InChI=1S/C49H32N2/c1-2-11-32(12-3-1)33-14-10-15-38(28-33)50-46-19-8-6-17-42(46)44-30-34(21-25-48(44)50)35-22-26-49-45(31-35)43-18-7-9-20-47(43)51(49)39-23-24-41-37(29-39)27-36-13-4-5-16-40(36)41/h1-26,28-31H,27H2. The third-order valence-electron chi connectivity index (χ3n) is 10.9. The van der Waals surface area contributed by atoms with Gasteiger partial charge in [0.2, 0.25) is 0 Å². The van der Waals surface area contributed by atoms with Gasteiger partial charge in [-0.1, -0.05) is 121 Å². The number of aromatic nitrogens is 2. The molecule has 10 aromatic rings. The molecule has 0 radical (unpaired) electrons. The van der Waals surface area contributed by atoms with Crippen molar-refractivity contribution >= 4 is 43.6 Å². The molecule has 0 bridgehead atoms. The number of para-hydroxylation sites is 2. The molecule has 2 heteroatoms. The van der Waals surface area contributed by atoms with Gasteiger partial charge >= 0.3 is 0 Å². The highest BCUT2D eigenvalue weighted by Gasteiger charge is 2.20. The molecule has 0 spiro atoms. The molecule has 2 aromatic heterocycles. The summed E-state index contributed by atoms with van der Waals surface area (Å²) in [5, 5.41) is 5.06. The topological polar surface area (TPSA) is 9.86 Å². The average molecular weight is 649 g/mol. The molecular formula is C49H32N2. The average Bonchev–Trinajstić information content (AvgIpc) is 3.85. The molecular weight excluding hydrogens is 617 g/mol. The van der Waals surface area contributed by atoms with Gasteiger partial charge in [-0.15, -0.1) is 0 Å². The fourth-order valence-electron chi connectivity index (χ4n) is 8.59. The van der Waals surface area contributed by atoms with Crippen LogP contribution in [-0.2, 0) is 6.42 Å². The molecule has 0 atom stereocenters. The summed E-state index contributed by atoms with van der Waals surface area (Å²) >= 11 is 0. The Labute approximate surface area is 296 Å². The van der Waals surface area contributed by atoms with E-state index in [4.69, 9.17) is 0 Å². The van der Waals surface area contributed by atoms with Gasteiger partial charge in [0.05, 0.1) is 22.1 Å². The second kappa shape index (κ2) is 10.9. The van der Waals surface area contributed by atoms with Gasteiger partial charge in [-0.3, -0.25) is 0 Å². The lowest BCUT2D eigenvalue weighted by molar-refractivity contribution is 1.16. The minimum Gasteiger partial charge on any atom is -0.309 e. The van der Waals surface area contributed by atoms with E-state index in [2.05, 4.69) is 191 Å². The fourth-order valence-corrected chi connectivity index (χ4v) is 8.59. The summed E-state index contributed by atoms with van der Waals surface area (Å²) in [5.74, 6) is 0. The second-order valence-corrected chi connectivity index (χ2v) is 13.8. The fraction of sp³-hybridized carbons (Fsp3) is 0.0204. The first-order valence-corrected chi connectivity index (χ1v) is 17.7. The highest BCUT2D eigenvalue weighted by molar-refractivity contribution is 6.12. The van der Waals surface area contributed by atoms with Gasteiger partial charge in [-0.25, -0.2) is 0 Å². The predicted octanol–water partition coefficient (Wildman–Crippen LogP) is 12.8. The molecule has 8 aromatic carbocycles. The molecule has 2 heterocycles. The summed E-state index contributed by atoms with van der Waals surface area (Å²) in [4.78, 5) is 0. The number of benzene rings is 8. The van der Waals surface area contributed by atoms with E-state index >= 15 is 0 Å². The largest absolute Gasteiger partial charge is 0.309 e. The van der Waals surface area contributed by atoms with Crippen molar-refractivity contribution in [3.05, 3.63) is 193 Å². The first-order chi connectivity index (χ1) is 25.3. The van der Waals surface area contributed by atoms with Gasteiger partial charge in [0.15, 0.2) is 0 Å². The van der Waals surface area contributed by atoms with E-state index in [0.717, 1.165) is 6.42 Å². The highest BCUT2D eigenvalue weighted by atomic mass is 15.0. The van der Waals surface area contributed by atoms with Crippen LogP contribution in [0.2, 0.25) is 0 Å². The van der Waals surface area contributed by atoms with E-state index < -0.39 is 0 Å². The van der Waals surface area contributed by atoms with Crippen molar-refractivity contribution in [2.45, 2.75) is 6.42 Å². The zero-order valence-corrected chi connectivity index (χ0v) is 27.9. The Bertz CT molecular complexity index is 2990. The van der Waals surface area contributed by atoms with Crippen LogP contribution in [0.3, 0.4) is 0 Å². The second-order valence-electron chi connectivity index (χ2n) is 13.8. The number of fused-ring (bicyclic) bond motifs is 9. The summed E-state index contributed by atoms with van der Waals surface area (Å²) in [6.45, 7) is 0. The molecule has 0 unspecified atom stereocenters. The minimum absolute atomic E-state index is 0.984. The predicted molar refractivity (Wildman–Crippen MR) is 214 cm³/mol. The van der Waals surface area contributed by atoms with Crippen LogP contribution in [0.25, 0.3) is 88.4 Å². The van der Waals surface area contributed by atoms with Gasteiger partial charge in [-0.2, -0.15) is 0 Å². The zero-order chi connectivity index (χ0) is 33.5. The Balaban J connectivity index is 1.05. The zero-order valence-electron chi connectivity index (χ0n) is 27.9. The van der Waals surface area contributed by atoms with Gasteiger partial charge in [0.25, 0.3) is 0 Å². The third-order valence-corrected chi connectivity index (χ3v) is 10.9. The first kappa shape index (κ1) is 28.2. The van der Waals surface area contributed by atoms with Gasteiger partial charge in [0, 0.05) is 32.9 Å².